The predicted molar refractivity (Wildman–Crippen MR) is 61.8 cm³/mol. The monoisotopic (exact) mass is 295 g/mol. The van der Waals surface area contributed by atoms with Crippen molar-refractivity contribution < 1.29 is 8.76 Å². The first-order valence-electron chi connectivity index (χ1n) is 3.90. The Bertz CT molecular complexity index is 605. The molecule has 0 aliphatic rings. The zero-order valence-electron chi connectivity index (χ0n) is 7.41. The molecule has 0 radical (unpaired) electrons. The second-order valence-corrected chi connectivity index (χ2v) is 4.86. The Hall–Kier alpha value is -0.460. The third-order valence-corrected chi connectivity index (χ3v) is 3.18. The van der Waals surface area contributed by atoms with Gasteiger partial charge in [0.25, 0.3) is 0 Å². The van der Waals surface area contributed by atoms with Crippen molar-refractivity contribution in [2.75, 3.05) is 0 Å². The third kappa shape index (κ3) is 2.14. The highest BCUT2D eigenvalue weighted by Gasteiger charge is 2.11. The van der Waals surface area contributed by atoms with Gasteiger partial charge < -0.3 is 4.55 Å². The molecule has 84 valence electrons. The highest BCUT2D eigenvalue weighted by atomic mass is 35.5. The fourth-order valence-electron chi connectivity index (χ4n) is 1.23. The van der Waals surface area contributed by atoms with Gasteiger partial charge in [-0.3, -0.25) is 4.21 Å². The molecule has 0 fully saturated rings. The van der Waals surface area contributed by atoms with E-state index in [1.807, 2.05) is 0 Å². The van der Waals surface area contributed by atoms with Crippen LogP contribution in [0, 0.1) is 0 Å². The average Bonchev–Trinajstić information content (AvgIpc) is 2.18. The summed E-state index contributed by atoms with van der Waals surface area (Å²) in [5.74, 6) is 0. The van der Waals surface area contributed by atoms with Crippen LogP contribution in [-0.4, -0.2) is 18.7 Å². The third-order valence-electron chi connectivity index (χ3n) is 1.84. The lowest BCUT2D eigenvalue weighted by Crippen LogP contribution is -1.95. The smallest absolute Gasteiger partial charge is 0.224 e. The highest BCUT2D eigenvalue weighted by Crippen LogP contribution is 2.29. The van der Waals surface area contributed by atoms with Crippen LogP contribution >= 0.6 is 34.8 Å². The zero-order chi connectivity index (χ0) is 11.9. The number of hydrogen-bond donors (Lipinski definition) is 0. The number of nitrogens with zero attached hydrogens (tertiary/aromatic N) is 2. The van der Waals surface area contributed by atoms with Gasteiger partial charge in [0.15, 0.2) is 0 Å². The summed E-state index contributed by atoms with van der Waals surface area (Å²) in [6, 6.07) is 2.75. The van der Waals surface area contributed by atoms with E-state index in [0.717, 1.165) is 0 Å². The molecule has 2 rings (SSSR count). The van der Waals surface area contributed by atoms with Gasteiger partial charge in [0.1, 0.15) is 5.15 Å². The minimum Gasteiger partial charge on any atom is -0.768 e. The molecule has 16 heavy (non-hydrogen) atoms. The molecule has 4 nitrogen and oxygen atoms in total. The number of benzene rings is 1. The molecule has 0 N–H and O–H groups in total. The van der Waals surface area contributed by atoms with Crippen molar-refractivity contribution in [3.8, 4) is 0 Å². The first-order valence-corrected chi connectivity index (χ1v) is 6.11. The lowest BCUT2D eigenvalue weighted by Gasteiger charge is -2.09. The molecule has 1 atom stereocenters. The van der Waals surface area contributed by atoms with Crippen LogP contribution in [0.15, 0.2) is 17.0 Å². The number of fused-ring (bicyclic) bond motifs is 1. The molecule has 0 spiro atoms. The highest BCUT2D eigenvalue weighted by molar-refractivity contribution is 7.79. The molecule has 1 aromatic carbocycles. The Morgan fingerprint density at radius 2 is 1.88 bits per heavy atom. The van der Waals surface area contributed by atoms with E-state index in [0.29, 0.717) is 5.39 Å². The van der Waals surface area contributed by atoms with Crippen LogP contribution in [0.5, 0.6) is 0 Å². The van der Waals surface area contributed by atoms with E-state index in [1.165, 1.54) is 12.1 Å². The normalized spacial score (nSPS) is 13.0. The summed E-state index contributed by atoms with van der Waals surface area (Å²) < 4.78 is 22.0. The van der Waals surface area contributed by atoms with Gasteiger partial charge >= 0.3 is 0 Å². The first kappa shape index (κ1) is 12.0. The molecule has 1 unspecified atom stereocenters. The molecule has 1 heterocycles. The van der Waals surface area contributed by atoms with E-state index in [2.05, 4.69) is 9.97 Å². The second kappa shape index (κ2) is 4.43. The Balaban J connectivity index is 2.95. The van der Waals surface area contributed by atoms with Crippen molar-refractivity contribution >= 4 is 56.8 Å². The minimum atomic E-state index is -2.47. The largest absolute Gasteiger partial charge is 0.768 e. The predicted octanol–water partition coefficient (Wildman–Crippen LogP) is 2.83. The Morgan fingerprint density at radius 3 is 2.50 bits per heavy atom. The Labute approximate surface area is 108 Å². The van der Waals surface area contributed by atoms with E-state index >= 15 is 0 Å². The van der Waals surface area contributed by atoms with Crippen molar-refractivity contribution in [1.82, 2.24) is 9.97 Å². The lowest BCUT2D eigenvalue weighted by atomic mass is 10.2. The second-order valence-electron chi connectivity index (χ2n) is 2.82. The summed E-state index contributed by atoms with van der Waals surface area (Å²) >= 11 is 14.7. The number of aromatic nitrogens is 2. The summed E-state index contributed by atoms with van der Waals surface area (Å²) in [4.78, 5) is 7.46. The van der Waals surface area contributed by atoms with Gasteiger partial charge in [0.2, 0.25) is 5.28 Å². The molecule has 0 aliphatic heterocycles. The number of hydrogen-bond acceptors (Lipinski definition) is 4. The summed E-state index contributed by atoms with van der Waals surface area (Å²) in [7, 11) is 0. The van der Waals surface area contributed by atoms with Crippen LogP contribution in [0.1, 0.15) is 0 Å². The molecular formula is C8H2Cl3N2O2S-. The van der Waals surface area contributed by atoms with Crippen LogP contribution in [0.3, 0.4) is 0 Å². The molecule has 0 saturated carbocycles. The molecule has 0 aliphatic carbocycles. The molecule has 0 saturated heterocycles. The number of halogens is 3. The zero-order valence-corrected chi connectivity index (χ0v) is 10.5. The van der Waals surface area contributed by atoms with Crippen molar-refractivity contribution in [2.45, 2.75) is 4.90 Å². The van der Waals surface area contributed by atoms with Crippen molar-refractivity contribution in [2.24, 2.45) is 0 Å². The van der Waals surface area contributed by atoms with E-state index in [-0.39, 0.29) is 25.9 Å². The van der Waals surface area contributed by atoms with Crippen LogP contribution in [-0.2, 0) is 11.1 Å². The van der Waals surface area contributed by atoms with Gasteiger partial charge in [0.05, 0.1) is 10.4 Å². The maximum Gasteiger partial charge on any atom is 0.224 e. The maximum atomic E-state index is 11.0. The summed E-state index contributed by atoms with van der Waals surface area (Å²) in [6.07, 6.45) is 0. The minimum absolute atomic E-state index is 0.0594. The standard InChI is InChI=1S/C8H3Cl3N2O2S/c9-3-1-4-6(5(2-3)16(14)15)12-8(11)13-7(4)10/h1-2H,(H,14,15)/p-1. The molecule has 8 heteroatoms. The van der Waals surface area contributed by atoms with E-state index in [9.17, 15) is 8.76 Å². The summed E-state index contributed by atoms with van der Waals surface area (Å²) in [5, 5.41) is 0.521. The fourth-order valence-corrected chi connectivity index (χ4v) is 2.49. The molecule has 1 aromatic heterocycles. The van der Waals surface area contributed by atoms with E-state index in [4.69, 9.17) is 34.8 Å². The molecule has 0 amide bonds. The Morgan fingerprint density at radius 1 is 1.19 bits per heavy atom. The van der Waals surface area contributed by atoms with Crippen LogP contribution in [0.2, 0.25) is 15.5 Å². The van der Waals surface area contributed by atoms with Crippen LogP contribution in [0.25, 0.3) is 10.9 Å². The van der Waals surface area contributed by atoms with Crippen LogP contribution < -0.4 is 0 Å². The van der Waals surface area contributed by atoms with E-state index in [1.54, 1.807) is 0 Å². The van der Waals surface area contributed by atoms with Gasteiger partial charge in [0, 0.05) is 10.4 Å². The van der Waals surface area contributed by atoms with Crippen molar-refractivity contribution in [3.63, 3.8) is 0 Å². The number of rotatable bonds is 1. The molecule has 2 aromatic rings. The fraction of sp³-hybridized carbons (Fsp3) is 0. The SMILES string of the molecule is O=S([O-])c1cc(Cl)cc2c(Cl)nc(Cl)nc12. The molecular weight excluding hydrogens is 295 g/mol. The van der Waals surface area contributed by atoms with Gasteiger partial charge in [-0.25, -0.2) is 9.97 Å². The average molecular weight is 297 g/mol. The topological polar surface area (TPSA) is 65.9 Å². The van der Waals surface area contributed by atoms with Gasteiger partial charge in [-0.15, -0.1) is 0 Å². The van der Waals surface area contributed by atoms with Gasteiger partial charge in [-0.1, -0.05) is 23.2 Å². The van der Waals surface area contributed by atoms with Crippen molar-refractivity contribution in [3.05, 3.63) is 27.6 Å². The lowest BCUT2D eigenvalue weighted by molar-refractivity contribution is 0.538. The quantitative estimate of drug-likeness (QED) is 0.461. The van der Waals surface area contributed by atoms with Crippen molar-refractivity contribution in [1.29, 1.82) is 0 Å². The molecule has 0 bridgehead atoms. The first-order chi connectivity index (χ1) is 7.49. The van der Waals surface area contributed by atoms with Gasteiger partial charge in [-0.2, -0.15) is 0 Å². The van der Waals surface area contributed by atoms with Crippen LogP contribution in [0.4, 0.5) is 0 Å². The van der Waals surface area contributed by atoms with Gasteiger partial charge in [-0.05, 0) is 34.8 Å². The maximum absolute atomic E-state index is 11.0. The van der Waals surface area contributed by atoms with E-state index < -0.39 is 11.1 Å². The summed E-state index contributed by atoms with van der Waals surface area (Å²) in [6.45, 7) is 0. The summed E-state index contributed by atoms with van der Waals surface area (Å²) in [5.41, 5.74) is 0.155. The Kier molecular flexibility index (Phi) is 3.32.